The van der Waals surface area contributed by atoms with Gasteiger partial charge in [-0.3, -0.25) is 33.6 Å². The predicted molar refractivity (Wildman–Crippen MR) is 133 cm³/mol. The minimum Gasteiger partial charge on any atom is -0.295 e. The summed E-state index contributed by atoms with van der Waals surface area (Å²) in [7, 11) is 0. The van der Waals surface area contributed by atoms with E-state index in [2.05, 4.69) is 6.58 Å². The van der Waals surface area contributed by atoms with Crippen molar-refractivity contribution in [2.75, 3.05) is 0 Å². The third-order valence-electron chi connectivity index (χ3n) is 5.62. The molecule has 2 aromatic rings. The molecule has 0 aliphatic rings. The second kappa shape index (κ2) is 14.3. The van der Waals surface area contributed by atoms with Crippen molar-refractivity contribution in [3.05, 3.63) is 83.9 Å². The van der Waals surface area contributed by atoms with Crippen LogP contribution in [0.3, 0.4) is 0 Å². The van der Waals surface area contributed by atoms with Gasteiger partial charge in [-0.25, -0.2) is 0 Å². The van der Waals surface area contributed by atoms with Crippen LogP contribution in [0.2, 0.25) is 0 Å². The topological polar surface area (TPSA) is 119 Å². The highest BCUT2D eigenvalue weighted by Gasteiger charge is 2.33. The highest BCUT2D eigenvalue weighted by atomic mass is 16.2. The number of carbonyl (C=O) groups excluding carboxylic acids is 7. The summed E-state index contributed by atoms with van der Waals surface area (Å²) in [5.74, 6) is -7.21. The zero-order chi connectivity index (χ0) is 26.5. The fourth-order valence-corrected chi connectivity index (χ4v) is 3.50. The van der Waals surface area contributed by atoms with Crippen LogP contribution < -0.4 is 0 Å². The van der Waals surface area contributed by atoms with E-state index in [0.29, 0.717) is 24.8 Å². The maximum absolute atomic E-state index is 12.4. The van der Waals surface area contributed by atoms with Crippen molar-refractivity contribution in [2.24, 2.45) is 0 Å². The van der Waals surface area contributed by atoms with Gasteiger partial charge in [0, 0.05) is 29.5 Å². The fraction of sp³-hybridized carbons (Fsp3) is 0.276. The lowest BCUT2D eigenvalue weighted by Crippen LogP contribution is -2.34. The van der Waals surface area contributed by atoms with E-state index in [1.54, 1.807) is 30.3 Å². The molecular formula is C29H28O7. The second-order valence-corrected chi connectivity index (χ2v) is 8.30. The van der Waals surface area contributed by atoms with Crippen LogP contribution in [0.5, 0.6) is 0 Å². The molecule has 0 aliphatic heterocycles. The first kappa shape index (κ1) is 28.1. The zero-order valence-corrected chi connectivity index (χ0v) is 20.0. The largest absolute Gasteiger partial charge is 0.295 e. The van der Waals surface area contributed by atoms with E-state index in [0.717, 1.165) is 25.7 Å². The number of hydrogen-bond acceptors (Lipinski definition) is 7. The number of carbonyl (C=O) groups is 7. The van der Waals surface area contributed by atoms with Crippen LogP contribution in [-0.2, 0) is 24.0 Å². The van der Waals surface area contributed by atoms with Gasteiger partial charge in [0.2, 0.25) is 11.6 Å². The first-order valence-electron chi connectivity index (χ1n) is 11.8. The number of rotatable bonds is 17. The average Bonchev–Trinajstić information content (AvgIpc) is 2.92. The molecule has 0 radical (unpaired) electrons. The number of benzene rings is 2. The normalized spacial score (nSPS) is 10.3. The van der Waals surface area contributed by atoms with Crippen molar-refractivity contribution >= 4 is 40.5 Å². The molecule has 0 atom stereocenters. The van der Waals surface area contributed by atoms with Gasteiger partial charge in [-0.15, -0.1) is 0 Å². The summed E-state index contributed by atoms with van der Waals surface area (Å²) in [6.07, 6.45) is 5.91. The predicted octanol–water partition coefficient (Wildman–Crippen LogP) is 4.25. The maximum Gasteiger partial charge on any atom is 0.280 e. The summed E-state index contributed by atoms with van der Waals surface area (Å²) in [5.41, 5.74) is 0.577. The minimum absolute atomic E-state index is 0.00646. The lowest BCUT2D eigenvalue weighted by atomic mass is 9.97. The van der Waals surface area contributed by atoms with Crippen LogP contribution in [0, 0.1) is 0 Å². The number of allylic oxidation sites excluding steroid dienone is 1. The average molecular weight is 489 g/mol. The summed E-state index contributed by atoms with van der Waals surface area (Å²) >= 11 is 0. The maximum atomic E-state index is 12.4. The molecule has 0 aliphatic carbocycles. The van der Waals surface area contributed by atoms with Gasteiger partial charge in [0.25, 0.3) is 17.3 Å². The van der Waals surface area contributed by atoms with Gasteiger partial charge in [-0.05, 0) is 18.9 Å². The summed E-state index contributed by atoms with van der Waals surface area (Å²) in [5, 5.41) is 0. The Kier molecular flexibility index (Phi) is 11.2. The van der Waals surface area contributed by atoms with E-state index in [1.807, 2.05) is 0 Å². The van der Waals surface area contributed by atoms with Crippen molar-refractivity contribution in [3.8, 4) is 0 Å². The Hall–Kier alpha value is -4.13. The van der Waals surface area contributed by atoms with E-state index in [-0.39, 0.29) is 29.1 Å². The fourth-order valence-electron chi connectivity index (χ4n) is 3.50. The SMILES string of the molecule is C=CC(=O)CCCCCCCCC(=O)C(=O)C(=O)C(=O)C(=O)c1ccc(C(=O)c2ccccc2)cc1. The molecule has 36 heavy (non-hydrogen) atoms. The minimum atomic E-state index is -1.65. The van der Waals surface area contributed by atoms with Gasteiger partial charge in [-0.2, -0.15) is 0 Å². The Morgan fingerprint density at radius 2 is 1.06 bits per heavy atom. The smallest absolute Gasteiger partial charge is 0.280 e. The summed E-state index contributed by atoms with van der Waals surface area (Å²) < 4.78 is 0. The van der Waals surface area contributed by atoms with Gasteiger partial charge in [0.15, 0.2) is 11.6 Å². The van der Waals surface area contributed by atoms with Crippen molar-refractivity contribution in [1.82, 2.24) is 0 Å². The van der Waals surface area contributed by atoms with Gasteiger partial charge in [0.1, 0.15) is 0 Å². The molecule has 2 aromatic carbocycles. The van der Waals surface area contributed by atoms with Crippen molar-refractivity contribution in [1.29, 1.82) is 0 Å². The Morgan fingerprint density at radius 1 is 0.556 bits per heavy atom. The molecule has 0 bridgehead atoms. The lowest BCUT2D eigenvalue weighted by Gasteiger charge is -2.04. The quantitative estimate of drug-likeness (QED) is 0.107. The molecule has 0 spiro atoms. The lowest BCUT2D eigenvalue weighted by molar-refractivity contribution is -0.147. The van der Waals surface area contributed by atoms with E-state index < -0.39 is 28.9 Å². The van der Waals surface area contributed by atoms with Crippen LogP contribution in [0.4, 0.5) is 0 Å². The van der Waals surface area contributed by atoms with E-state index >= 15 is 0 Å². The molecule has 7 nitrogen and oxygen atoms in total. The number of hydrogen-bond donors (Lipinski definition) is 0. The monoisotopic (exact) mass is 488 g/mol. The molecule has 0 heterocycles. The van der Waals surface area contributed by atoms with Crippen molar-refractivity contribution in [2.45, 2.75) is 51.4 Å². The summed E-state index contributed by atoms with van der Waals surface area (Å²) in [6.45, 7) is 3.41. The molecule has 0 saturated carbocycles. The first-order valence-corrected chi connectivity index (χ1v) is 11.8. The molecule has 0 amide bonds. The van der Waals surface area contributed by atoms with E-state index in [4.69, 9.17) is 0 Å². The molecule has 0 aromatic heterocycles. The standard InChI is InChI=1S/C29H28O7/c1-2-23(30)14-10-5-3-4-6-11-15-24(31)27(34)29(36)28(35)26(33)22-18-16-21(17-19-22)25(32)20-12-8-7-9-13-20/h2,7-9,12-13,16-19H,1,3-6,10-11,14-15H2. The third kappa shape index (κ3) is 8.27. The molecule has 7 heteroatoms. The summed E-state index contributed by atoms with van der Waals surface area (Å²) in [6, 6.07) is 13.6. The van der Waals surface area contributed by atoms with Crippen LogP contribution in [-0.4, -0.2) is 40.5 Å². The molecule has 0 N–H and O–H groups in total. The van der Waals surface area contributed by atoms with Crippen LogP contribution in [0.1, 0.15) is 77.6 Å². The Bertz CT molecular complexity index is 1160. The second-order valence-electron chi connectivity index (χ2n) is 8.30. The van der Waals surface area contributed by atoms with Crippen LogP contribution >= 0.6 is 0 Å². The molecule has 0 unspecified atom stereocenters. The Balaban J connectivity index is 1.80. The first-order chi connectivity index (χ1) is 17.3. The van der Waals surface area contributed by atoms with Crippen molar-refractivity contribution in [3.63, 3.8) is 0 Å². The molecule has 186 valence electrons. The number of Topliss-reactive ketones (excluding diaryl/α,β-unsaturated/α-hetero) is 5. The van der Waals surface area contributed by atoms with Crippen LogP contribution in [0.15, 0.2) is 67.3 Å². The Morgan fingerprint density at radius 3 is 1.64 bits per heavy atom. The van der Waals surface area contributed by atoms with Gasteiger partial charge >= 0.3 is 0 Å². The Labute approximate surface area is 209 Å². The zero-order valence-electron chi connectivity index (χ0n) is 20.0. The molecular weight excluding hydrogens is 460 g/mol. The molecule has 0 saturated heterocycles. The van der Waals surface area contributed by atoms with Gasteiger partial charge < -0.3 is 0 Å². The number of ketones is 7. The summed E-state index contributed by atoms with van der Waals surface area (Å²) in [4.78, 5) is 84.3. The van der Waals surface area contributed by atoms with E-state index in [9.17, 15) is 33.6 Å². The molecule has 0 fully saturated rings. The highest BCUT2D eigenvalue weighted by molar-refractivity contribution is 6.87. The molecule has 2 rings (SSSR count). The third-order valence-corrected chi connectivity index (χ3v) is 5.62. The van der Waals surface area contributed by atoms with E-state index in [1.165, 1.54) is 30.3 Å². The van der Waals surface area contributed by atoms with Crippen molar-refractivity contribution < 1.29 is 33.6 Å². The van der Waals surface area contributed by atoms with Crippen LogP contribution in [0.25, 0.3) is 0 Å². The number of unbranched alkanes of at least 4 members (excludes halogenated alkanes) is 5. The highest BCUT2D eigenvalue weighted by Crippen LogP contribution is 2.13. The van der Waals surface area contributed by atoms with Gasteiger partial charge in [-0.1, -0.05) is 86.9 Å². The van der Waals surface area contributed by atoms with Gasteiger partial charge in [0.05, 0.1) is 0 Å².